The zero-order chi connectivity index (χ0) is 12.8. The molecule has 0 amide bonds. The second-order valence-electron chi connectivity index (χ2n) is 4.25. The average Bonchev–Trinajstić information content (AvgIpc) is 2.92. The molecule has 0 fully saturated rings. The fourth-order valence-corrected chi connectivity index (χ4v) is 1.96. The molecule has 0 saturated heterocycles. The molecule has 2 heterocycles. The minimum absolute atomic E-state index is 0.474. The summed E-state index contributed by atoms with van der Waals surface area (Å²) in [6.07, 6.45) is 8.37. The topological polar surface area (TPSA) is 55.6 Å². The van der Waals surface area contributed by atoms with E-state index in [0.29, 0.717) is 6.04 Å². The summed E-state index contributed by atoms with van der Waals surface area (Å²) < 4.78 is 1.68. The van der Waals surface area contributed by atoms with Gasteiger partial charge in [-0.1, -0.05) is 20.3 Å². The van der Waals surface area contributed by atoms with Crippen LogP contribution in [0.1, 0.15) is 33.1 Å². The Morgan fingerprint density at radius 3 is 2.94 bits per heavy atom. The number of hydrogen-bond donors (Lipinski definition) is 1. The summed E-state index contributed by atoms with van der Waals surface area (Å²) in [7, 11) is 0. The minimum Gasteiger partial charge on any atom is -0.379 e. The molecule has 0 radical (unpaired) electrons. The molecule has 5 nitrogen and oxygen atoms in total. The molecule has 96 valence electrons. The predicted octanol–water partition coefficient (Wildman–Crippen LogP) is 2.65. The summed E-state index contributed by atoms with van der Waals surface area (Å²) in [5.41, 5.74) is 1.00. The van der Waals surface area contributed by atoms with Crippen molar-refractivity contribution < 1.29 is 0 Å². The number of nitrogens with one attached hydrogen (secondary N) is 1. The van der Waals surface area contributed by atoms with Gasteiger partial charge in [0.1, 0.15) is 12.7 Å². The van der Waals surface area contributed by atoms with E-state index < -0.39 is 0 Å². The maximum absolute atomic E-state index is 4.37. The number of hydrogen-bond acceptors (Lipinski definition) is 4. The smallest absolute Gasteiger partial charge is 0.178 e. The molecule has 2 rings (SSSR count). The van der Waals surface area contributed by atoms with Crippen LogP contribution in [0, 0.1) is 0 Å². The molecular weight excluding hydrogens is 226 g/mol. The highest BCUT2D eigenvalue weighted by Gasteiger charge is 2.10. The average molecular weight is 245 g/mol. The normalized spacial score (nSPS) is 12.3. The summed E-state index contributed by atoms with van der Waals surface area (Å²) in [6, 6.07) is 4.44. The molecule has 0 aliphatic heterocycles. The van der Waals surface area contributed by atoms with Crippen molar-refractivity contribution in [2.24, 2.45) is 0 Å². The van der Waals surface area contributed by atoms with Gasteiger partial charge in [0.15, 0.2) is 5.82 Å². The molecule has 2 aromatic rings. The van der Waals surface area contributed by atoms with Crippen LogP contribution in [0.3, 0.4) is 0 Å². The highest BCUT2D eigenvalue weighted by molar-refractivity contribution is 5.56. The lowest BCUT2D eigenvalue weighted by Gasteiger charge is -2.19. The highest BCUT2D eigenvalue weighted by atomic mass is 15.3. The van der Waals surface area contributed by atoms with Gasteiger partial charge in [-0.3, -0.25) is 0 Å². The van der Waals surface area contributed by atoms with Gasteiger partial charge in [0.05, 0.1) is 5.69 Å². The van der Waals surface area contributed by atoms with Crippen molar-refractivity contribution in [1.82, 2.24) is 19.7 Å². The molecule has 1 atom stereocenters. The Morgan fingerprint density at radius 1 is 1.39 bits per heavy atom. The summed E-state index contributed by atoms with van der Waals surface area (Å²) in [4.78, 5) is 8.33. The van der Waals surface area contributed by atoms with Crippen molar-refractivity contribution in [2.75, 3.05) is 5.32 Å². The zero-order valence-corrected chi connectivity index (χ0v) is 10.9. The van der Waals surface area contributed by atoms with Gasteiger partial charge >= 0.3 is 0 Å². The lowest BCUT2D eigenvalue weighted by molar-refractivity contribution is 0.621. The number of nitrogens with zero attached hydrogens (tertiary/aromatic N) is 4. The van der Waals surface area contributed by atoms with E-state index in [1.165, 1.54) is 12.7 Å². The lowest BCUT2D eigenvalue weighted by atomic mass is 10.1. The largest absolute Gasteiger partial charge is 0.379 e. The third-order valence-corrected chi connectivity index (χ3v) is 2.91. The first-order chi connectivity index (χ1) is 8.85. The monoisotopic (exact) mass is 245 g/mol. The van der Waals surface area contributed by atoms with Gasteiger partial charge in [0.2, 0.25) is 0 Å². The highest BCUT2D eigenvalue weighted by Crippen LogP contribution is 2.19. The first kappa shape index (κ1) is 12.5. The van der Waals surface area contributed by atoms with Crippen LogP contribution >= 0.6 is 0 Å². The number of aromatic nitrogens is 4. The Balaban J connectivity index is 2.22. The third-order valence-electron chi connectivity index (χ3n) is 2.91. The van der Waals surface area contributed by atoms with Crippen LogP contribution in [-0.2, 0) is 0 Å². The van der Waals surface area contributed by atoms with Crippen LogP contribution in [0.25, 0.3) is 5.82 Å². The van der Waals surface area contributed by atoms with Crippen LogP contribution in [0.4, 0.5) is 5.69 Å². The maximum atomic E-state index is 4.37. The van der Waals surface area contributed by atoms with E-state index in [-0.39, 0.29) is 0 Å². The molecular formula is C13H19N5. The van der Waals surface area contributed by atoms with Crippen LogP contribution in [0.5, 0.6) is 0 Å². The van der Waals surface area contributed by atoms with Crippen LogP contribution in [0.2, 0.25) is 0 Å². The molecule has 5 heteroatoms. The summed E-state index contributed by atoms with van der Waals surface area (Å²) in [6.45, 7) is 4.39. The summed E-state index contributed by atoms with van der Waals surface area (Å²) in [5.74, 6) is 0.796. The number of anilines is 1. The van der Waals surface area contributed by atoms with E-state index in [9.17, 15) is 0 Å². The Kier molecular flexibility index (Phi) is 4.28. The van der Waals surface area contributed by atoms with Crippen LogP contribution in [0.15, 0.2) is 31.0 Å². The fraction of sp³-hybridized carbons (Fsp3) is 0.462. The van der Waals surface area contributed by atoms with Crippen molar-refractivity contribution in [3.8, 4) is 5.82 Å². The molecule has 0 saturated carbocycles. The summed E-state index contributed by atoms with van der Waals surface area (Å²) in [5, 5.41) is 7.66. The SMILES string of the molecule is CCCC(CC)Nc1cccnc1-n1cncn1. The quantitative estimate of drug-likeness (QED) is 0.850. The van der Waals surface area contributed by atoms with Crippen molar-refractivity contribution >= 4 is 5.69 Å². The lowest BCUT2D eigenvalue weighted by Crippen LogP contribution is -2.19. The van der Waals surface area contributed by atoms with E-state index >= 15 is 0 Å². The van der Waals surface area contributed by atoms with Gasteiger partial charge in [-0.25, -0.2) is 14.6 Å². The molecule has 0 aromatic carbocycles. The Hall–Kier alpha value is -1.91. The Bertz CT molecular complexity index is 466. The first-order valence-corrected chi connectivity index (χ1v) is 6.41. The molecule has 1 N–H and O–H groups in total. The second kappa shape index (κ2) is 6.14. The van der Waals surface area contributed by atoms with E-state index in [1.807, 2.05) is 12.1 Å². The molecule has 18 heavy (non-hydrogen) atoms. The molecule has 1 unspecified atom stereocenters. The molecule has 0 bridgehead atoms. The molecule has 0 aliphatic carbocycles. The predicted molar refractivity (Wildman–Crippen MR) is 71.8 cm³/mol. The van der Waals surface area contributed by atoms with Gasteiger partial charge < -0.3 is 5.32 Å². The summed E-state index contributed by atoms with van der Waals surface area (Å²) >= 11 is 0. The van der Waals surface area contributed by atoms with Crippen molar-refractivity contribution in [3.05, 3.63) is 31.0 Å². The Labute approximate surface area is 107 Å². The number of rotatable bonds is 6. The van der Waals surface area contributed by atoms with E-state index in [2.05, 4.69) is 34.2 Å². The van der Waals surface area contributed by atoms with E-state index in [0.717, 1.165) is 24.3 Å². The van der Waals surface area contributed by atoms with Crippen LogP contribution < -0.4 is 5.32 Å². The van der Waals surface area contributed by atoms with E-state index in [4.69, 9.17) is 0 Å². The van der Waals surface area contributed by atoms with Gasteiger partial charge in [0.25, 0.3) is 0 Å². The molecule has 0 spiro atoms. The van der Waals surface area contributed by atoms with E-state index in [1.54, 1.807) is 17.2 Å². The minimum atomic E-state index is 0.474. The van der Waals surface area contributed by atoms with Gasteiger partial charge in [-0.2, -0.15) is 5.10 Å². The molecule has 2 aromatic heterocycles. The van der Waals surface area contributed by atoms with Gasteiger partial charge in [-0.15, -0.1) is 0 Å². The maximum Gasteiger partial charge on any atom is 0.178 e. The number of pyridine rings is 1. The van der Waals surface area contributed by atoms with Crippen molar-refractivity contribution in [3.63, 3.8) is 0 Å². The van der Waals surface area contributed by atoms with Crippen molar-refractivity contribution in [1.29, 1.82) is 0 Å². The zero-order valence-electron chi connectivity index (χ0n) is 10.9. The first-order valence-electron chi connectivity index (χ1n) is 6.41. The standard InChI is InChI=1S/C13H19N5/c1-3-6-11(4-2)17-12-7-5-8-15-13(12)18-10-14-9-16-18/h5,7-11,17H,3-4,6H2,1-2H3. The Morgan fingerprint density at radius 2 is 2.28 bits per heavy atom. The second-order valence-corrected chi connectivity index (χ2v) is 4.25. The van der Waals surface area contributed by atoms with Gasteiger partial charge in [-0.05, 0) is 25.0 Å². The third kappa shape index (κ3) is 2.85. The molecule has 0 aliphatic rings. The van der Waals surface area contributed by atoms with Crippen molar-refractivity contribution in [2.45, 2.75) is 39.2 Å². The van der Waals surface area contributed by atoms with Crippen LogP contribution in [-0.4, -0.2) is 25.8 Å². The van der Waals surface area contributed by atoms with Gasteiger partial charge in [0, 0.05) is 12.2 Å². The fourth-order valence-electron chi connectivity index (χ4n) is 1.96.